The van der Waals surface area contributed by atoms with E-state index < -0.39 is 0 Å². The third kappa shape index (κ3) is 2.38. The maximum atomic E-state index is 8.98. The lowest BCUT2D eigenvalue weighted by Crippen LogP contribution is -2.39. The van der Waals surface area contributed by atoms with Gasteiger partial charge in [0.15, 0.2) is 0 Å². The van der Waals surface area contributed by atoms with E-state index in [0.29, 0.717) is 17.8 Å². The van der Waals surface area contributed by atoms with Crippen LogP contribution >= 0.6 is 0 Å². The molecule has 4 nitrogen and oxygen atoms in total. The fourth-order valence-electron chi connectivity index (χ4n) is 2.39. The van der Waals surface area contributed by atoms with Crippen LogP contribution in [0, 0.1) is 0 Å². The van der Waals surface area contributed by atoms with Gasteiger partial charge in [-0.1, -0.05) is 13.3 Å². The van der Waals surface area contributed by atoms with Crippen LogP contribution in [0.15, 0.2) is 10.7 Å². The van der Waals surface area contributed by atoms with Gasteiger partial charge in [0, 0.05) is 12.6 Å². The van der Waals surface area contributed by atoms with E-state index in [1.807, 2.05) is 0 Å². The summed E-state index contributed by atoms with van der Waals surface area (Å²) in [5, 5.41) is 8.98. The van der Waals surface area contributed by atoms with Crippen LogP contribution in [-0.4, -0.2) is 22.7 Å². The van der Waals surface area contributed by atoms with Gasteiger partial charge in [-0.25, -0.2) is 0 Å². The van der Waals surface area contributed by atoms with Crippen molar-refractivity contribution in [3.63, 3.8) is 0 Å². The third-order valence-electron chi connectivity index (χ3n) is 3.20. The van der Waals surface area contributed by atoms with Crippen LogP contribution in [0.4, 0.5) is 6.01 Å². The van der Waals surface area contributed by atoms with Crippen molar-refractivity contribution in [2.24, 2.45) is 0 Å². The van der Waals surface area contributed by atoms with Gasteiger partial charge < -0.3 is 14.4 Å². The summed E-state index contributed by atoms with van der Waals surface area (Å²) in [6.07, 6.45) is 7.66. The molecule has 2 rings (SSSR count). The van der Waals surface area contributed by atoms with E-state index >= 15 is 0 Å². The molecule has 1 aliphatic rings. The normalized spacial score (nSPS) is 21.4. The molecule has 0 radical (unpaired) electrons. The van der Waals surface area contributed by atoms with Gasteiger partial charge in [-0.05, 0) is 25.7 Å². The highest BCUT2D eigenvalue weighted by molar-refractivity contribution is 5.29. The second-order valence-corrected chi connectivity index (χ2v) is 4.41. The maximum Gasteiger partial charge on any atom is 0.297 e. The molecule has 16 heavy (non-hydrogen) atoms. The van der Waals surface area contributed by atoms with Gasteiger partial charge in [0.05, 0.1) is 6.61 Å². The summed E-state index contributed by atoms with van der Waals surface area (Å²) < 4.78 is 5.43. The van der Waals surface area contributed by atoms with Crippen molar-refractivity contribution in [2.45, 2.75) is 51.7 Å². The molecule has 1 N–H and O–H groups in total. The molecule has 1 fully saturated rings. The Morgan fingerprint density at radius 1 is 1.56 bits per heavy atom. The monoisotopic (exact) mass is 224 g/mol. The standard InChI is InChI=1S/C12H20N2O2/c1-2-5-11-6-3-4-7-14(11)12-13-10(8-15)9-16-12/h9,11,15H,2-8H2,1H3. The second-order valence-electron chi connectivity index (χ2n) is 4.41. The van der Waals surface area contributed by atoms with Crippen LogP contribution in [0.3, 0.4) is 0 Å². The minimum Gasteiger partial charge on any atom is -0.432 e. The minimum absolute atomic E-state index is 0.0458. The molecule has 0 spiro atoms. The van der Waals surface area contributed by atoms with E-state index in [1.54, 1.807) is 6.26 Å². The number of rotatable bonds is 4. The van der Waals surface area contributed by atoms with E-state index in [2.05, 4.69) is 16.8 Å². The van der Waals surface area contributed by atoms with Gasteiger partial charge in [0.2, 0.25) is 0 Å². The highest BCUT2D eigenvalue weighted by Gasteiger charge is 2.25. The summed E-state index contributed by atoms with van der Waals surface area (Å²) >= 11 is 0. The van der Waals surface area contributed by atoms with Crippen LogP contribution in [0.1, 0.15) is 44.7 Å². The number of aliphatic hydroxyl groups is 1. The molecule has 2 heterocycles. The van der Waals surface area contributed by atoms with E-state index in [0.717, 1.165) is 6.54 Å². The Labute approximate surface area is 96.3 Å². The van der Waals surface area contributed by atoms with E-state index in [4.69, 9.17) is 9.52 Å². The zero-order valence-electron chi connectivity index (χ0n) is 9.85. The first kappa shape index (κ1) is 11.5. The number of aliphatic hydroxyl groups excluding tert-OH is 1. The van der Waals surface area contributed by atoms with Crippen molar-refractivity contribution in [3.05, 3.63) is 12.0 Å². The summed E-state index contributed by atoms with van der Waals surface area (Å²) in [6, 6.07) is 1.24. The van der Waals surface area contributed by atoms with Gasteiger partial charge in [0.25, 0.3) is 6.01 Å². The molecule has 1 aromatic rings. The Hall–Kier alpha value is -1.03. The fraction of sp³-hybridized carbons (Fsp3) is 0.750. The molecule has 1 saturated heterocycles. The second kappa shape index (κ2) is 5.34. The molecule has 4 heteroatoms. The minimum atomic E-state index is -0.0458. The molecule has 0 saturated carbocycles. The van der Waals surface area contributed by atoms with Gasteiger partial charge in [-0.3, -0.25) is 0 Å². The molecule has 1 aromatic heterocycles. The van der Waals surface area contributed by atoms with Crippen LogP contribution in [0.5, 0.6) is 0 Å². The highest BCUT2D eigenvalue weighted by Crippen LogP contribution is 2.26. The SMILES string of the molecule is CCCC1CCCCN1c1nc(CO)co1. The number of nitrogens with zero attached hydrogens (tertiary/aromatic N) is 2. The topological polar surface area (TPSA) is 49.5 Å². The quantitative estimate of drug-likeness (QED) is 0.852. The van der Waals surface area contributed by atoms with E-state index in [1.165, 1.54) is 32.1 Å². The molecule has 0 bridgehead atoms. The van der Waals surface area contributed by atoms with Crippen molar-refractivity contribution in [1.82, 2.24) is 4.98 Å². The molecular weight excluding hydrogens is 204 g/mol. The highest BCUT2D eigenvalue weighted by atomic mass is 16.4. The third-order valence-corrected chi connectivity index (χ3v) is 3.20. The van der Waals surface area contributed by atoms with Crippen molar-refractivity contribution in [2.75, 3.05) is 11.4 Å². The Morgan fingerprint density at radius 2 is 2.44 bits per heavy atom. The zero-order valence-corrected chi connectivity index (χ0v) is 9.85. The van der Waals surface area contributed by atoms with Gasteiger partial charge in [-0.15, -0.1) is 0 Å². The summed E-state index contributed by atoms with van der Waals surface area (Å²) in [4.78, 5) is 6.55. The first-order valence-corrected chi connectivity index (χ1v) is 6.17. The number of aromatic nitrogens is 1. The van der Waals surface area contributed by atoms with Crippen LogP contribution in [0.25, 0.3) is 0 Å². The van der Waals surface area contributed by atoms with Crippen LogP contribution in [-0.2, 0) is 6.61 Å². The first-order chi connectivity index (χ1) is 7.85. The lowest BCUT2D eigenvalue weighted by Gasteiger charge is -2.34. The molecule has 0 aliphatic carbocycles. The first-order valence-electron chi connectivity index (χ1n) is 6.17. The number of hydrogen-bond acceptors (Lipinski definition) is 4. The number of piperidine rings is 1. The Morgan fingerprint density at radius 3 is 3.12 bits per heavy atom. The van der Waals surface area contributed by atoms with Crippen LogP contribution < -0.4 is 4.90 Å². The van der Waals surface area contributed by atoms with Gasteiger partial charge in [-0.2, -0.15) is 4.98 Å². The number of oxazole rings is 1. The van der Waals surface area contributed by atoms with Crippen molar-refractivity contribution in [3.8, 4) is 0 Å². The number of anilines is 1. The van der Waals surface area contributed by atoms with Crippen LogP contribution in [0.2, 0.25) is 0 Å². The van der Waals surface area contributed by atoms with E-state index in [-0.39, 0.29) is 6.61 Å². The molecule has 1 aliphatic heterocycles. The molecule has 1 atom stereocenters. The zero-order chi connectivity index (χ0) is 11.4. The predicted octanol–water partition coefficient (Wildman–Crippen LogP) is 2.33. The van der Waals surface area contributed by atoms with Crippen molar-refractivity contribution < 1.29 is 9.52 Å². The summed E-state index contributed by atoms with van der Waals surface area (Å²) in [5.74, 6) is 0. The fourth-order valence-corrected chi connectivity index (χ4v) is 2.39. The van der Waals surface area contributed by atoms with Crippen molar-refractivity contribution >= 4 is 6.01 Å². The largest absolute Gasteiger partial charge is 0.432 e. The number of hydrogen-bond donors (Lipinski definition) is 1. The average Bonchev–Trinajstić information content (AvgIpc) is 2.79. The average molecular weight is 224 g/mol. The summed E-state index contributed by atoms with van der Waals surface area (Å²) in [7, 11) is 0. The molecular formula is C12H20N2O2. The van der Waals surface area contributed by atoms with Gasteiger partial charge >= 0.3 is 0 Å². The molecule has 0 aromatic carbocycles. The van der Waals surface area contributed by atoms with Crippen molar-refractivity contribution in [1.29, 1.82) is 0 Å². The lowest BCUT2D eigenvalue weighted by atomic mass is 9.99. The Kier molecular flexibility index (Phi) is 3.83. The Bertz CT molecular complexity index is 323. The maximum absolute atomic E-state index is 8.98. The van der Waals surface area contributed by atoms with E-state index in [9.17, 15) is 0 Å². The molecule has 0 amide bonds. The molecule has 90 valence electrons. The molecule has 1 unspecified atom stereocenters. The summed E-state index contributed by atoms with van der Waals surface area (Å²) in [6.45, 7) is 3.19. The van der Waals surface area contributed by atoms with Gasteiger partial charge in [0.1, 0.15) is 12.0 Å². The smallest absolute Gasteiger partial charge is 0.297 e. The Balaban J connectivity index is 2.09. The summed E-state index contributed by atoms with van der Waals surface area (Å²) in [5.41, 5.74) is 0.621. The lowest BCUT2D eigenvalue weighted by molar-refractivity contribution is 0.276. The predicted molar refractivity (Wildman–Crippen MR) is 62.3 cm³/mol.